The first kappa shape index (κ1) is 18.5. The fourth-order valence-corrected chi connectivity index (χ4v) is 1.87. The minimum Gasteiger partial charge on any atom is -0.287 e. The van der Waals surface area contributed by atoms with Gasteiger partial charge in [0, 0.05) is 18.6 Å². The van der Waals surface area contributed by atoms with Crippen molar-refractivity contribution in [3.8, 4) is 0 Å². The highest BCUT2D eigenvalue weighted by Crippen LogP contribution is 2.44. The van der Waals surface area contributed by atoms with Gasteiger partial charge in [-0.25, -0.2) is 13.2 Å². The molecule has 0 bridgehead atoms. The van der Waals surface area contributed by atoms with Gasteiger partial charge in [0.2, 0.25) is 0 Å². The molecule has 0 amide bonds. The molecule has 0 spiro atoms. The second kappa shape index (κ2) is 6.81. The maximum Gasteiger partial charge on any atom is 0.316 e. The van der Waals surface area contributed by atoms with Crippen LogP contribution in [-0.2, 0) is 4.79 Å². The largest absolute Gasteiger partial charge is 0.316 e. The van der Waals surface area contributed by atoms with Crippen LogP contribution in [0.2, 0.25) is 0 Å². The van der Waals surface area contributed by atoms with Gasteiger partial charge in [-0.3, -0.25) is 4.79 Å². The van der Waals surface area contributed by atoms with Gasteiger partial charge in [0.15, 0.2) is 11.8 Å². The third-order valence-corrected chi connectivity index (χ3v) is 3.20. The summed E-state index contributed by atoms with van der Waals surface area (Å²) in [5.41, 5.74) is 0. The lowest BCUT2D eigenvalue weighted by Crippen LogP contribution is -2.45. The van der Waals surface area contributed by atoms with Gasteiger partial charge in [0.1, 0.15) is 0 Å². The van der Waals surface area contributed by atoms with Gasteiger partial charge >= 0.3 is 11.8 Å². The molecule has 0 aliphatic carbocycles. The molecule has 0 aromatic rings. The van der Waals surface area contributed by atoms with Crippen LogP contribution in [0.15, 0.2) is 0 Å². The summed E-state index contributed by atoms with van der Waals surface area (Å²) in [5, 5.41) is -0.465. The van der Waals surface area contributed by atoms with E-state index < -0.39 is 48.2 Å². The standard InChI is InChI=1S/C10H13F7OS/c1-2-7(18)19-4-3-9(14,15)10(16,17)5-8(12,13)6-11/h2-6H2,1H3. The summed E-state index contributed by atoms with van der Waals surface area (Å²) in [6, 6.07) is 0. The Bertz CT molecular complexity index is 306. The van der Waals surface area contributed by atoms with E-state index in [1.807, 2.05) is 0 Å². The average molecular weight is 314 g/mol. The molecule has 0 fully saturated rings. The van der Waals surface area contributed by atoms with Gasteiger partial charge in [-0.1, -0.05) is 18.7 Å². The van der Waals surface area contributed by atoms with Crippen LogP contribution >= 0.6 is 11.8 Å². The smallest absolute Gasteiger partial charge is 0.287 e. The first-order chi connectivity index (χ1) is 8.47. The number of thioether (sulfide) groups is 1. The van der Waals surface area contributed by atoms with Crippen LogP contribution in [0.25, 0.3) is 0 Å². The Morgan fingerprint density at radius 2 is 1.58 bits per heavy atom. The quantitative estimate of drug-likeness (QED) is 0.621. The first-order valence-corrected chi connectivity index (χ1v) is 6.31. The Morgan fingerprint density at radius 1 is 1.05 bits per heavy atom. The number of hydrogen-bond acceptors (Lipinski definition) is 2. The van der Waals surface area contributed by atoms with Crippen LogP contribution in [0.5, 0.6) is 0 Å². The first-order valence-electron chi connectivity index (χ1n) is 5.32. The molecule has 0 rings (SSSR count). The zero-order valence-corrected chi connectivity index (χ0v) is 10.8. The molecule has 0 atom stereocenters. The zero-order chi connectivity index (χ0) is 15.3. The third-order valence-electron chi connectivity index (χ3n) is 2.18. The maximum absolute atomic E-state index is 13.1. The molecule has 1 nitrogen and oxygen atoms in total. The summed E-state index contributed by atoms with van der Waals surface area (Å²) in [5.74, 6) is -14.9. The van der Waals surface area contributed by atoms with Crippen molar-refractivity contribution >= 4 is 16.9 Å². The second-order valence-electron chi connectivity index (χ2n) is 3.90. The minimum absolute atomic E-state index is 0.0482. The van der Waals surface area contributed by atoms with E-state index in [2.05, 4.69) is 0 Å². The molecule has 0 aliphatic heterocycles. The molecule has 0 radical (unpaired) electrons. The van der Waals surface area contributed by atoms with E-state index in [1.54, 1.807) is 0 Å². The molecule has 0 N–H and O–H groups in total. The van der Waals surface area contributed by atoms with Crippen LogP contribution < -0.4 is 0 Å². The lowest BCUT2D eigenvalue weighted by Gasteiger charge is -2.28. The van der Waals surface area contributed by atoms with Crippen molar-refractivity contribution < 1.29 is 35.5 Å². The predicted molar refractivity (Wildman–Crippen MR) is 57.8 cm³/mol. The SMILES string of the molecule is CCC(=O)SCCC(F)(F)C(F)(F)CC(F)(F)CF. The second-order valence-corrected chi connectivity index (χ2v) is 5.05. The number of carbonyl (C=O) groups is 1. The average Bonchev–Trinajstić information content (AvgIpc) is 2.27. The lowest BCUT2D eigenvalue weighted by atomic mass is 10.0. The van der Waals surface area contributed by atoms with Gasteiger partial charge in [0.25, 0.3) is 5.92 Å². The molecule has 0 aromatic heterocycles. The number of alkyl halides is 7. The summed E-state index contributed by atoms with van der Waals surface area (Å²) in [6.45, 7) is -0.967. The Hall–Kier alpha value is -0.470. The highest BCUT2D eigenvalue weighted by atomic mass is 32.2. The van der Waals surface area contributed by atoms with Crippen LogP contribution in [0.3, 0.4) is 0 Å². The molecule has 114 valence electrons. The summed E-state index contributed by atoms with van der Waals surface area (Å²) in [4.78, 5) is 10.8. The van der Waals surface area contributed by atoms with Crippen molar-refractivity contribution in [3.63, 3.8) is 0 Å². The summed E-state index contributed by atoms with van der Waals surface area (Å²) in [6.07, 6.45) is -3.94. The number of hydrogen-bond donors (Lipinski definition) is 0. The van der Waals surface area contributed by atoms with E-state index in [1.165, 1.54) is 6.92 Å². The number of halogens is 7. The fraction of sp³-hybridized carbons (Fsp3) is 0.900. The van der Waals surface area contributed by atoms with E-state index in [0.29, 0.717) is 11.8 Å². The highest BCUT2D eigenvalue weighted by Gasteiger charge is 2.59. The Labute approximate surface area is 109 Å². The van der Waals surface area contributed by atoms with Gasteiger partial charge in [-0.15, -0.1) is 0 Å². The Morgan fingerprint density at radius 3 is 2.00 bits per heavy atom. The topological polar surface area (TPSA) is 17.1 Å². The third kappa shape index (κ3) is 6.01. The van der Waals surface area contributed by atoms with Gasteiger partial charge in [-0.05, 0) is 0 Å². The maximum atomic E-state index is 13.1. The Balaban J connectivity index is 4.55. The monoisotopic (exact) mass is 314 g/mol. The number of carbonyl (C=O) groups excluding carboxylic acids is 1. The Kier molecular flexibility index (Phi) is 6.64. The van der Waals surface area contributed by atoms with E-state index in [-0.39, 0.29) is 6.42 Å². The van der Waals surface area contributed by atoms with Gasteiger partial charge in [0.05, 0.1) is 6.42 Å². The summed E-state index contributed by atoms with van der Waals surface area (Å²) in [7, 11) is 0. The van der Waals surface area contributed by atoms with Crippen molar-refractivity contribution in [2.45, 2.75) is 44.0 Å². The van der Waals surface area contributed by atoms with Crippen LogP contribution in [0.4, 0.5) is 30.7 Å². The van der Waals surface area contributed by atoms with Crippen molar-refractivity contribution in [3.05, 3.63) is 0 Å². The minimum atomic E-state index is -5.03. The molecule has 0 aromatic carbocycles. The zero-order valence-electron chi connectivity index (χ0n) is 10.00. The van der Waals surface area contributed by atoms with E-state index in [4.69, 9.17) is 0 Å². The van der Waals surface area contributed by atoms with Crippen LogP contribution in [0, 0.1) is 0 Å². The van der Waals surface area contributed by atoms with Crippen molar-refractivity contribution in [1.82, 2.24) is 0 Å². The van der Waals surface area contributed by atoms with Crippen molar-refractivity contribution in [2.75, 3.05) is 12.4 Å². The predicted octanol–water partition coefficient (Wildman–Crippen LogP) is 4.31. The fourth-order valence-electron chi connectivity index (χ4n) is 1.08. The van der Waals surface area contributed by atoms with Crippen molar-refractivity contribution in [2.24, 2.45) is 0 Å². The van der Waals surface area contributed by atoms with E-state index in [9.17, 15) is 35.5 Å². The van der Waals surface area contributed by atoms with E-state index >= 15 is 0 Å². The molecule has 0 heterocycles. The summed E-state index contributed by atoms with van der Waals surface area (Å²) >= 11 is 0.429. The molecule has 0 saturated heterocycles. The van der Waals surface area contributed by atoms with Crippen LogP contribution in [0.1, 0.15) is 26.2 Å². The van der Waals surface area contributed by atoms with Gasteiger partial charge in [-0.2, -0.15) is 17.6 Å². The molecule has 19 heavy (non-hydrogen) atoms. The highest BCUT2D eigenvalue weighted by molar-refractivity contribution is 8.13. The molecule has 0 saturated carbocycles. The number of rotatable bonds is 8. The molecule has 0 aliphatic rings. The molecular formula is C10H13F7OS. The molecule has 9 heteroatoms. The lowest BCUT2D eigenvalue weighted by molar-refractivity contribution is -0.240. The summed E-state index contributed by atoms with van der Waals surface area (Å²) < 4.78 is 88.8. The normalized spacial score (nSPS) is 13.7. The van der Waals surface area contributed by atoms with Gasteiger partial charge < -0.3 is 0 Å². The van der Waals surface area contributed by atoms with Crippen molar-refractivity contribution in [1.29, 1.82) is 0 Å². The molecule has 0 unspecified atom stereocenters. The van der Waals surface area contributed by atoms with Crippen LogP contribution in [-0.4, -0.2) is 35.3 Å². The van der Waals surface area contributed by atoms with E-state index in [0.717, 1.165) is 0 Å². The molecular weight excluding hydrogens is 301 g/mol.